The predicted octanol–water partition coefficient (Wildman–Crippen LogP) is 4.84. The van der Waals surface area contributed by atoms with Crippen LogP contribution >= 0.6 is 11.3 Å². The number of thiophene rings is 1. The van der Waals surface area contributed by atoms with Crippen LogP contribution in [0.4, 0.5) is 0 Å². The molecule has 0 saturated heterocycles. The topological polar surface area (TPSA) is 26.9 Å². The van der Waals surface area contributed by atoms with Crippen LogP contribution in [0.5, 0.6) is 0 Å². The molecule has 0 aliphatic rings. The molecular weight excluding hydrogens is 304 g/mol. The SMILES string of the molecule is CCCn1cc(C(=O)c2cc3ccsc3n2C)c2ccccc21. The van der Waals surface area contributed by atoms with Crippen molar-refractivity contribution in [2.75, 3.05) is 0 Å². The number of carbonyl (C=O) groups is 1. The van der Waals surface area contributed by atoms with Crippen molar-refractivity contribution < 1.29 is 4.79 Å². The van der Waals surface area contributed by atoms with Gasteiger partial charge in [0.1, 0.15) is 4.83 Å². The van der Waals surface area contributed by atoms with E-state index in [9.17, 15) is 4.79 Å². The van der Waals surface area contributed by atoms with Crippen molar-refractivity contribution >= 4 is 38.2 Å². The summed E-state index contributed by atoms with van der Waals surface area (Å²) in [7, 11) is 1.97. The van der Waals surface area contributed by atoms with E-state index in [1.807, 2.05) is 42.1 Å². The summed E-state index contributed by atoms with van der Waals surface area (Å²) < 4.78 is 4.20. The summed E-state index contributed by atoms with van der Waals surface area (Å²) in [4.78, 5) is 14.3. The maximum atomic E-state index is 13.1. The highest BCUT2D eigenvalue weighted by molar-refractivity contribution is 7.16. The number of hydrogen-bond acceptors (Lipinski definition) is 2. The Labute approximate surface area is 138 Å². The lowest BCUT2D eigenvalue weighted by Gasteiger charge is -2.02. The molecule has 3 heterocycles. The fourth-order valence-electron chi connectivity index (χ4n) is 3.26. The van der Waals surface area contributed by atoms with Gasteiger partial charge in [0.15, 0.2) is 0 Å². The van der Waals surface area contributed by atoms with E-state index in [-0.39, 0.29) is 5.78 Å². The van der Waals surface area contributed by atoms with Gasteiger partial charge in [-0.15, -0.1) is 11.3 Å². The summed E-state index contributed by atoms with van der Waals surface area (Å²) in [6.07, 6.45) is 3.06. The molecule has 0 fully saturated rings. The smallest absolute Gasteiger partial charge is 0.211 e. The molecule has 0 unspecified atom stereocenters. The normalized spacial score (nSPS) is 11.6. The first kappa shape index (κ1) is 14.3. The van der Waals surface area contributed by atoms with Crippen molar-refractivity contribution in [3.05, 3.63) is 59.2 Å². The van der Waals surface area contributed by atoms with Crippen molar-refractivity contribution in [2.45, 2.75) is 19.9 Å². The number of rotatable bonds is 4. The van der Waals surface area contributed by atoms with E-state index >= 15 is 0 Å². The van der Waals surface area contributed by atoms with E-state index in [0.717, 1.165) is 45.3 Å². The summed E-state index contributed by atoms with van der Waals surface area (Å²) >= 11 is 1.67. The van der Waals surface area contributed by atoms with Crippen molar-refractivity contribution in [3.8, 4) is 0 Å². The second-order valence-electron chi connectivity index (χ2n) is 5.85. The number of para-hydroxylation sites is 1. The maximum absolute atomic E-state index is 13.1. The minimum absolute atomic E-state index is 0.0990. The summed E-state index contributed by atoms with van der Waals surface area (Å²) in [5.74, 6) is 0.0990. The van der Waals surface area contributed by atoms with Gasteiger partial charge in [0.25, 0.3) is 0 Å². The summed E-state index contributed by atoms with van der Waals surface area (Å²) in [5.41, 5.74) is 2.68. The number of aromatic nitrogens is 2. The van der Waals surface area contributed by atoms with Gasteiger partial charge in [-0.1, -0.05) is 25.1 Å². The van der Waals surface area contributed by atoms with Crippen LogP contribution < -0.4 is 0 Å². The number of carbonyl (C=O) groups excluding carboxylic acids is 1. The molecule has 1 aromatic carbocycles. The highest BCUT2D eigenvalue weighted by Gasteiger charge is 2.20. The lowest BCUT2D eigenvalue weighted by molar-refractivity contribution is 0.103. The number of fused-ring (bicyclic) bond motifs is 2. The van der Waals surface area contributed by atoms with Crippen molar-refractivity contribution in [3.63, 3.8) is 0 Å². The van der Waals surface area contributed by atoms with Gasteiger partial charge in [-0.2, -0.15) is 0 Å². The molecule has 0 atom stereocenters. The molecule has 0 bridgehead atoms. The average molecular weight is 322 g/mol. The zero-order valence-electron chi connectivity index (χ0n) is 13.2. The zero-order chi connectivity index (χ0) is 16.0. The van der Waals surface area contributed by atoms with Gasteiger partial charge >= 0.3 is 0 Å². The second kappa shape index (κ2) is 5.39. The highest BCUT2D eigenvalue weighted by atomic mass is 32.1. The highest BCUT2D eigenvalue weighted by Crippen LogP contribution is 2.28. The number of nitrogens with zero attached hydrogens (tertiary/aromatic N) is 2. The number of benzene rings is 1. The third kappa shape index (κ3) is 2.13. The molecule has 0 aliphatic carbocycles. The molecule has 0 amide bonds. The van der Waals surface area contributed by atoms with Crippen LogP contribution in [0.2, 0.25) is 0 Å². The van der Waals surface area contributed by atoms with Crippen LogP contribution in [-0.2, 0) is 13.6 Å². The molecule has 4 aromatic rings. The first-order valence-corrected chi connectivity index (χ1v) is 8.74. The lowest BCUT2D eigenvalue weighted by atomic mass is 10.1. The Morgan fingerprint density at radius 1 is 1.22 bits per heavy atom. The third-order valence-corrected chi connectivity index (χ3v) is 5.37. The molecule has 23 heavy (non-hydrogen) atoms. The van der Waals surface area contributed by atoms with Crippen LogP contribution in [0.1, 0.15) is 29.4 Å². The Morgan fingerprint density at radius 2 is 2.04 bits per heavy atom. The average Bonchev–Trinajstić information content (AvgIpc) is 3.23. The molecule has 0 spiro atoms. The number of hydrogen-bond donors (Lipinski definition) is 0. The maximum Gasteiger partial charge on any atom is 0.211 e. The van der Waals surface area contributed by atoms with Gasteiger partial charge in [-0.25, -0.2) is 0 Å². The first-order chi connectivity index (χ1) is 11.2. The van der Waals surface area contributed by atoms with Crippen LogP contribution in [0, 0.1) is 0 Å². The van der Waals surface area contributed by atoms with E-state index < -0.39 is 0 Å². The Hall–Kier alpha value is -2.33. The molecule has 0 saturated carbocycles. The van der Waals surface area contributed by atoms with Gasteiger partial charge in [-0.3, -0.25) is 4.79 Å². The minimum Gasteiger partial charge on any atom is -0.347 e. The van der Waals surface area contributed by atoms with Gasteiger partial charge in [0, 0.05) is 41.6 Å². The van der Waals surface area contributed by atoms with E-state index in [1.165, 1.54) is 0 Å². The molecule has 4 heteroatoms. The van der Waals surface area contributed by atoms with Crippen LogP contribution in [0.15, 0.2) is 48.0 Å². The molecule has 0 aliphatic heterocycles. The fourth-order valence-corrected chi connectivity index (χ4v) is 4.12. The molecule has 4 rings (SSSR count). The summed E-state index contributed by atoms with van der Waals surface area (Å²) in [6.45, 7) is 3.08. The standard InChI is InChI=1S/C19H18N2OS/c1-3-9-21-12-15(14-6-4-5-7-16(14)21)18(22)17-11-13-8-10-23-19(13)20(17)2/h4-8,10-12H,3,9H2,1-2H3. The van der Waals surface area contributed by atoms with E-state index in [2.05, 4.69) is 29.0 Å². The number of ketones is 1. The van der Waals surface area contributed by atoms with Crippen LogP contribution in [0.25, 0.3) is 21.1 Å². The quantitative estimate of drug-likeness (QED) is 0.494. The Balaban J connectivity index is 1.89. The van der Waals surface area contributed by atoms with Crippen LogP contribution in [0.3, 0.4) is 0 Å². The van der Waals surface area contributed by atoms with Gasteiger partial charge < -0.3 is 9.13 Å². The second-order valence-corrected chi connectivity index (χ2v) is 6.75. The molecule has 0 radical (unpaired) electrons. The summed E-state index contributed by atoms with van der Waals surface area (Å²) in [6, 6.07) is 12.2. The van der Waals surface area contributed by atoms with Crippen molar-refractivity contribution in [2.24, 2.45) is 7.05 Å². The van der Waals surface area contributed by atoms with Gasteiger partial charge in [-0.05, 0) is 30.0 Å². The zero-order valence-corrected chi connectivity index (χ0v) is 14.1. The lowest BCUT2D eigenvalue weighted by Crippen LogP contribution is -2.06. The van der Waals surface area contributed by atoms with Crippen molar-refractivity contribution in [1.82, 2.24) is 9.13 Å². The van der Waals surface area contributed by atoms with E-state index in [0.29, 0.717) is 0 Å². The third-order valence-electron chi connectivity index (χ3n) is 4.36. The molecular formula is C19H18N2OS. The van der Waals surface area contributed by atoms with Crippen molar-refractivity contribution in [1.29, 1.82) is 0 Å². The molecule has 3 aromatic heterocycles. The monoisotopic (exact) mass is 322 g/mol. The predicted molar refractivity (Wildman–Crippen MR) is 96.5 cm³/mol. The Morgan fingerprint density at radius 3 is 2.83 bits per heavy atom. The minimum atomic E-state index is 0.0990. The summed E-state index contributed by atoms with van der Waals surface area (Å²) in [5, 5.41) is 4.24. The molecule has 116 valence electrons. The number of aryl methyl sites for hydroxylation is 2. The largest absolute Gasteiger partial charge is 0.347 e. The fraction of sp³-hybridized carbons (Fsp3) is 0.211. The van der Waals surface area contributed by atoms with E-state index in [1.54, 1.807) is 11.3 Å². The Bertz CT molecular complexity index is 1020. The first-order valence-electron chi connectivity index (χ1n) is 7.86. The Kier molecular flexibility index (Phi) is 3.34. The van der Waals surface area contributed by atoms with E-state index in [4.69, 9.17) is 0 Å². The molecule has 3 nitrogen and oxygen atoms in total. The molecule has 0 N–H and O–H groups in total. The van der Waals surface area contributed by atoms with Gasteiger partial charge in [0.05, 0.1) is 5.69 Å². The van der Waals surface area contributed by atoms with Crippen LogP contribution in [-0.4, -0.2) is 14.9 Å². The van der Waals surface area contributed by atoms with Gasteiger partial charge in [0.2, 0.25) is 5.78 Å².